The Morgan fingerprint density at radius 1 is 1.46 bits per heavy atom. The number of piperazine rings is 1. The lowest BCUT2D eigenvalue weighted by atomic mass is 10.2. The van der Waals surface area contributed by atoms with Crippen molar-refractivity contribution in [3.05, 3.63) is 0 Å². The minimum absolute atomic E-state index is 0.0787. The lowest BCUT2D eigenvalue weighted by Crippen LogP contribution is -2.61. The smallest absolute Gasteiger partial charge is 0.337 e. The zero-order valence-electron chi connectivity index (χ0n) is 6.67. The topological polar surface area (TPSA) is 39.7 Å². The van der Waals surface area contributed by atoms with Crippen molar-refractivity contribution < 1.29 is 13.2 Å². The lowest BCUT2D eigenvalue weighted by molar-refractivity contribution is -0.164. The van der Waals surface area contributed by atoms with Gasteiger partial charge in [0.25, 0.3) is 0 Å². The van der Waals surface area contributed by atoms with Crippen molar-refractivity contribution in [3.8, 4) is 0 Å². The summed E-state index contributed by atoms with van der Waals surface area (Å²) in [5.41, 5.74) is 2.70. The fraction of sp³-hybridized carbons (Fsp3) is 0.833. The summed E-state index contributed by atoms with van der Waals surface area (Å²) in [4.78, 5) is 1.55. The third-order valence-corrected chi connectivity index (χ3v) is 2.18. The first kappa shape index (κ1) is 8.61. The van der Waals surface area contributed by atoms with Crippen molar-refractivity contribution in [3.63, 3.8) is 0 Å². The summed E-state index contributed by atoms with van der Waals surface area (Å²) in [6.45, 7) is 0.175. The summed E-state index contributed by atoms with van der Waals surface area (Å²) in [5, 5.41) is 6.11. The highest BCUT2D eigenvalue weighted by molar-refractivity contribution is 5.57. The van der Waals surface area contributed by atoms with Gasteiger partial charge in [-0.1, -0.05) is 0 Å². The Hall–Kier alpha value is -0.980. The summed E-state index contributed by atoms with van der Waals surface area (Å²) in [5.74, 6) is 0. The Morgan fingerprint density at radius 3 is 2.92 bits per heavy atom. The van der Waals surface area contributed by atoms with Crippen LogP contribution in [-0.2, 0) is 0 Å². The van der Waals surface area contributed by atoms with Gasteiger partial charge in [-0.05, 0) is 0 Å². The molecule has 1 saturated heterocycles. The van der Waals surface area contributed by atoms with Gasteiger partial charge in [0, 0.05) is 13.1 Å². The fourth-order valence-electron chi connectivity index (χ4n) is 1.43. The number of hydrogen-bond acceptors (Lipinski definition) is 4. The average Bonchev–Trinajstić information content (AvgIpc) is 2.47. The summed E-state index contributed by atoms with van der Waals surface area (Å²) in [6.07, 6.45) is -2.90. The minimum atomic E-state index is -4.18. The molecule has 0 bridgehead atoms. The molecule has 0 saturated carbocycles. The maximum Gasteiger partial charge on any atom is 0.405 e. The van der Waals surface area contributed by atoms with E-state index in [0.717, 1.165) is 0 Å². The molecule has 0 aromatic heterocycles. The van der Waals surface area contributed by atoms with E-state index in [-0.39, 0.29) is 19.3 Å². The zero-order valence-corrected chi connectivity index (χ0v) is 6.67. The van der Waals surface area contributed by atoms with Crippen LogP contribution in [0.15, 0.2) is 5.10 Å². The molecule has 0 aliphatic carbocycles. The molecule has 13 heavy (non-hydrogen) atoms. The Morgan fingerprint density at radius 2 is 2.23 bits per heavy atom. The van der Waals surface area contributed by atoms with Crippen LogP contribution < -0.4 is 10.7 Å². The van der Waals surface area contributed by atoms with Crippen LogP contribution in [-0.4, -0.2) is 42.7 Å². The minimum Gasteiger partial charge on any atom is -0.337 e. The van der Waals surface area contributed by atoms with Gasteiger partial charge in [-0.15, -0.1) is 0 Å². The number of hydrogen-bond donors (Lipinski definition) is 2. The van der Waals surface area contributed by atoms with Gasteiger partial charge in [0.2, 0.25) is 0 Å². The van der Waals surface area contributed by atoms with E-state index in [0.29, 0.717) is 0 Å². The van der Waals surface area contributed by atoms with Gasteiger partial charge in [-0.25, -0.2) is 0 Å². The maximum atomic E-state index is 12.2. The van der Waals surface area contributed by atoms with Gasteiger partial charge < -0.3 is 10.2 Å². The first-order valence-electron chi connectivity index (χ1n) is 3.92. The molecule has 7 heteroatoms. The molecule has 4 nitrogen and oxygen atoms in total. The fourth-order valence-corrected chi connectivity index (χ4v) is 1.43. The number of nitrogens with zero attached hydrogens (tertiary/aromatic N) is 2. The average molecular weight is 194 g/mol. The molecule has 2 aliphatic heterocycles. The van der Waals surface area contributed by atoms with E-state index in [1.807, 2.05) is 0 Å². The molecule has 0 amide bonds. The standard InChI is InChI=1S/C6H9F3N4/c7-6(8,9)4-2-13-3-11-12-5(13)1-10-4/h3-5,10,12H,1-2H2. The second-order valence-electron chi connectivity index (χ2n) is 3.09. The quantitative estimate of drug-likeness (QED) is 0.556. The van der Waals surface area contributed by atoms with E-state index in [1.54, 1.807) is 4.90 Å². The number of alkyl halides is 3. The molecule has 2 aliphatic rings. The molecule has 2 unspecified atom stereocenters. The van der Waals surface area contributed by atoms with E-state index in [1.165, 1.54) is 6.34 Å². The largest absolute Gasteiger partial charge is 0.405 e. The number of hydrazone groups is 1. The van der Waals surface area contributed by atoms with Crippen LogP contribution in [0.5, 0.6) is 0 Å². The van der Waals surface area contributed by atoms with Gasteiger partial charge in [0.1, 0.15) is 18.5 Å². The van der Waals surface area contributed by atoms with Crippen LogP contribution in [0.1, 0.15) is 0 Å². The van der Waals surface area contributed by atoms with E-state index >= 15 is 0 Å². The van der Waals surface area contributed by atoms with Crippen LogP contribution in [0.25, 0.3) is 0 Å². The molecule has 2 rings (SSSR count). The molecule has 0 radical (unpaired) electrons. The predicted molar refractivity (Wildman–Crippen MR) is 40.0 cm³/mol. The van der Waals surface area contributed by atoms with Crippen LogP contribution in [0.4, 0.5) is 13.2 Å². The van der Waals surface area contributed by atoms with Crippen LogP contribution in [0, 0.1) is 0 Å². The summed E-state index contributed by atoms with van der Waals surface area (Å²) >= 11 is 0. The monoisotopic (exact) mass is 194 g/mol. The Labute approximate surface area is 72.8 Å². The number of nitrogens with one attached hydrogen (secondary N) is 2. The van der Waals surface area contributed by atoms with Gasteiger partial charge in [0.15, 0.2) is 0 Å². The Bertz CT molecular complexity index is 226. The van der Waals surface area contributed by atoms with Gasteiger partial charge in [-0.2, -0.15) is 18.3 Å². The van der Waals surface area contributed by atoms with Crippen LogP contribution in [0.3, 0.4) is 0 Å². The first-order valence-corrected chi connectivity index (χ1v) is 3.92. The molecule has 74 valence electrons. The third kappa shape index (κ3) is 1.55. The van der Waals surface area contributed by atoms with Crippen molar-refractivity contribution in [2.45, 2.75) is 18.4 Å². The maximum absolute atomic E-state index is 12.2. The molecular weight excluding hydrogens is 185 g/mol. The molecule has 0 aromatic carbocycles. The zero-order chi connectivity index (χ0) is 9.47. The summed E-state index contributed by atoms with van der Waals surface area (Å²) in [6, 6.07) is -1.45. The van der Waals surface area contributed by atoms with Gasteiger partial charge in [-0.3, -0.25) is 5.43 Å². The summed E-state index contributed by atoms with van der Waals surface area (Å²) in [7, 11) is 0. The van der Waals surface area contributed by atoms with Gasteiger partial charge in [0.05, 0.1) is 0 Å². The van der Waals surface area contributed by atoms with E-state index in [9.17, 15) is 13.2 Å². The normalized spacial score (nSPS) is 33.0. The number of fused-ring (bicyclic) bond motifs is 1. The highest BCUT2D eigenvalue weighted by Gasteiger charge is 2.44. The van der Waals surface area contributed by atoms with Crippen molar-refractivity contribution >= 4 is 6.34 Å². The molecule has 2 heterocycles. The Balaban J connectivity index is 2.01. The third-order valence-electron chi connectivity index (χ3n) is 2.18. The first-order chi connectivity index (χ1) is 6.07. The highest BCUT2D eigenvalue weighted by Crippen LogP contribution is 2.23. The van der Waals surface area contributed by atoms with Gasteiger partial charge >= 0.3 is 6.18 Å². The highest BCUT2D eigenvalue weighted by atomic mass is 19.4. The molecule has 2 atom stereocenters. The van der Waals surface area contributed by atoms with Crippen molar-refractivity contribution in [2.75, 3.05) is 13.1 Å². The van der Waals surface area contributed by atoms with Crippen molar-refractivity contribution in [1.82, 2.24) is 15.6 Å². The van der Waals surface area contributed by atoms with E-state index in [2.05, 4.69) is 15.8 Å². The van der Waals surface area contributed by atoms with Crippen molar-refractivity contribution in [1.29, 1.82) is 0 Å². The molecule has 0 spiro atoms. The molecule has 0 aromatic rings. The van der Waals surface area contributed by atoms with Crippen molar-refractivity contribution in [2.24, 2.45) is 5.10 Å². The second-order valence-corrected chi connectivity index (χ2v) is 3.09. The number of rotatable bonds is 0. The van der Waals surface area contributed by atoms with E-state index < -0.39 is 12.2 Å². The summed E-state index contributed by atoms with van der Waals surface area (Å²) < 4.78 is 36.7. The van der Waals surface area contributed by atoms with E-state index in [4.69, 9.17) is 0 Å². The van der Waals surface area contributed by atoms with Crippen LogP contribution in [0.2, 0.25) is 0 Å². The SMILES string of the molecule is FC(F)(F)C1CN2C=NNC2CN1. The number of halogens is 3. The second kappa shape index (κ2) is 2.76. The Kier molecular flexibility index (Phi) is 1.83. The molecule has 1 fully saturated rings. The molecule has 2 N–H and O–H groups in total. The molecular formula is C6H9F3N4. The van der Waals surface area contributed by atoms with Crippen LogP contribution >= 0.6 is 0 Å². The predicted octanol–water partition coefficient (Wildman–Crippen LogP) is -0.305. The lowest BCUT2D eigenvalue weighted by Gasteiger charge is -2.35.